The van der Waals surface area contributed by atoms with Crippen LogP contribution in [-0.4, -0.2) is 50.5 Å². The van der Waals surface area contributed by atoms with E-state index in [9.17, 15) is 13.2 Å². The molecule has 1 aliphatic heterocycles. The van der Waals surface area contributed by atoms with E-state index >= 15 is 0 Å². The van der Waals surface area contributed by atoms with Crippen molar-refractivity contribution in [1.29, 1.82) is 0 Å². The lowest BCUT2D eigenvalue weighted by atomic mass is 9.98. The van der Waals surface area contributed by atoms with Gasteiger partial charge >= 0.3 is 6.09 Å². The Morgan fingerprint density at radius 1 is 1.40 bits per heavy atom. The van der Waals surface area contributed by atoms with Gasteiger partial charge in [-0.1, -0.05) is 13.3 Å². The maximum Gasteiger partial charge on any atom is 0.410 e. The maximum atomic E-state index is 12.1. The van der Waals surface area contributed by atoms with E-state index in [-0.39, 0.29) is 17.7 Å². The van der Waals surface area contributed by atoms with Crippen molar-refractivity contribution in [3.8, 4) is 0 Å². The lowest BCUT2D eigenvalue weighted by Gasteiger charge is -2.38. The van der Waals surface area contributed by atoms with Gasteiger partial charge in [0.05, 0.1) is 19.0 Å². The fourth-order valence-electron chi connectivity index (χ4n) is 2.76. The Bertz CT molecular complexity index is 457. The first kappa shape index (κ1) is 15.6. The summed E-state index contributed by atoms with van der Waals surface area (Å²) in [6, 6.07) is 0. The second-order valence-corrected chi connectivity index (χ2v) is 7.36. The normalized spacial score (nSPS) is 24.7. The van der Waals surface area contributed by atoms with E-state index in [1.807, 2.05) is 6.92 Å². The third-order valence-electron chi connectivity index (χ3n) is 3.94. The molecule has 116 valence electrons. The number of rotatable bonds is 5. The number of likely N-dealkylation sites (tertiary alicyclic amines) is 1. The number of nitrogens with zero attached hydrogens (tertiary/aromatic N) is 1. The van der Waals surface area contributed by atoms with Crippen molar-refractivity contribution in [2.75, 3.05) is 19.4 Å². The van der Waals surface area contributed by atoms with Crippen LogP contribution in [0, 0.1) is 0 Å². The summed E-state index contributed by atoms with van der Waals surface area (Å²) in [4.78, 5) is 13.8. The molecule has 0 N–H and O–H groups in total. The van der Waals surface area contributed by atoms with Gasteiger partial charge in [-0.3, -0.25) is 4.18 Å². The zero-order chi connectivity index (χ0) is 14.8. The van der Waals surface area contributed by atoms with Gasteiger partial charge in [0.25, 0.3) is 10.1 Å². The van der Waals surface area contributed by atoms with Crippen LogP contribution in [0.5, 0.6) is 0 Å². The zero-order valence-corrected chi connectivity index (χ0v) is 12.9. The number of carbonyl (C=O) groups is 1. The minimum Gasteiger partial charge on any atom is -0.449 e. The van der Waals surface area contributed by atoms with Crippen LogP contribution < -0.4 is 0 Å². The largest absolute Gasteiger partial charge is 0.449 e. The average molecular weight is 305 g/mol. The molecule has 20 heavy (non-hydrogen) atoms. The van der Waals surface area contributed by atoms with E-state index in [2.05, 4.69) is 0 Å². The summed E-state index contributed by atoms with van der Waals surface area (Å²) in [5.41, 5.74) is -0.225. The highest BCUT2D eigenvalue weighted by Crippen LogP contribution is 2.49. The van der Waals surface area contributed by atoms with Crippen molar-refractivity contribution < 1.29 is 22.1 Å². The van der Waals surface area contributed by atoms with Crippen molar-refractivity contribution >= 4 is 16.2 Å². The van der Waals surface area contributed by atoms with Gasteiger partial charge in [-0.05, 0) is 32.1 Å². The van der Waals surface area contributed by atoms with E-state index in [1.54, 1.807) is 4.90 Å². The van der Waals surface area contributed by atoms with Gasteiger partial charge in [0.15, 0.2) is 0 Å². The van der Waals surface area contributed by atoms with Crippen LogP contribution in [0.1, 0.15) is 45.4 Å². The summed E-state index contributed by atoms with van der Waals surface area (Å²) in [7, 11) is -3.44. The molecule has 7 heteroatoms. The molecule has 2 rings (SSSR count). The van der Waals surface area contributed by atoms with E-state index < -0.39 is 10.1 Å². The molecular formula is C13H23NO5S. The second kappa shape index (κ2) is 5.89. The Morgan fingerprint density at radius 2 is 2.10 bits per heavy atom. The number of carbonyl (C=O) groups excluding carboxylic acids is 1. The van der Waals surface area contributed by atoms with Gasteiger partial charge in [-0.15, -0.1) is 0 Å². The number of piperidine rings is 1. The third-order valence-corrected chi connectivity index (χ3v) is 4.56. The molecule has 1 aliphatic carbocycles. The van der Waals surface area contributed by atoms with Crippen molar-refractivity contribution in [2.45, 2.75) is 57.1 Å². The van der Waals surface area contributed by atoms with E-state index in [4.69, 9.17) is 8.92 Å². The summed E-state index contributed by atoms with van der Waals surface area (Å²) in [6.07, 6.45) is 5.27. The molecule has 2 fully saturated rings. The highest BCUT2D eigenvalue weighted by atomic mass is 32.2. The van der Waals surface area contributed by atoms with Gasteiger partial charge in [0.1, 0.15) is 0 Å². The van der Waals surface area contributed by atoms with Crippen molar-refractivity contribution in [3.63, 3.8) is 0 Å². The number of amides is 1. The smallest absolute Gasteiger partial charge is 0.410 e. The van der Waals surface area contributed by atoms with Crippen LogP contribution in [0.3, 0.4) is 0 Å². The Balaban J connectivity index is 1.90. The Hall–Kier alpha value is -0.820. The Kier molecular flexibility index (Phi) is 4.59. The lowest BCUT2D eigenvalue weighted by molar-refractivity contribution is 0.0309. The number of hydrogen-bond donors (Lipinski definition) is 0. The quantitative estimate of drug-likeness (QED) is 0.573. The SMILES string of the molecule is CCCCOC(=O)N1CCC(OS(C)(=O)=O)CC12CC2. The van der Waals surface area contributed by atoms with Crippen LogP contribution in [0.25, 0.3) is 0 Å². The van der Waals surface area contributed by atoms with Crippen LogP contribution >= 0.6 is 0 Å². The van der Waals surface area contributed by atoms with Gasteiger partial charge in [0, 0.05) is 12.1 Å². The molecule has 1 heterocycles. The first-order valence-electron chi connectivity index (χ1n) is 7.19. The zero-order valence-electron chi connectivity index (χ0n) is 12.1. The minimum absolute atomic E-state index is 0.225. The monoisotopic (exact) mass is 305 g/mol. The molecule has 0 aromatic rings. The molecule has 0 aromatic carbocycles. The van der Waals surface area contributed by atoms with Gasteiger partial charge in [-0.2, -0.15) is 8.42 Å². The third kappa shape index (κ3) is 3.85. The highest BCUT2D eigenvalue weighted by Gasteiger charge is 2.54. The predicted molar refractivity (Wildman–Crippen MR) is 73.9 cm³/mol. The van der Waals surface area contributed by atoms with Gasteiger partial charge < -0.3 is 9.64 Å². The first-order chi connectivity index (χ1) is 9.36. The molecule has 1 atom stereocenters. The molecule has 1 saturated carbocycles. The van der Waals surface area contributed by atoms with Crippen LogP contribution in [0.2, 0.25) is 0 Å². The molecular weight excluding hydrogens is 282 g/mol. The molecule has 6 nitrogen and oxygen atoms in total. The van der Waals surface area contributed by atoms with Crippen LogP contribution in [-0.2, 0) is 19.0 Å². The Morgan fingerprint density at radius 3 is 2.65 bits per heavy atom. The van der Waals surface area contributed by atoms with Gasteiger partial charge in [0.2, 0.25) is 0 Å². The molecule has 0 bridgehead atoms. The summed E-state index contributed by atoms with van der Waals surface area (Å²) in [6.45, 7) is 3.00. The number of unbranched alkanes of at least 4 members (excludes halogenated alkanes) is 1. The van der Waals surface area contributed by atoms with Crippen LogP contribution in [0.4, 0.5) is 4.79 Å². The van der Waals surface area contributed by atoms with E-state index in [0.717, 1.165) is 31.9 Å². The standard InChI is InChI=1S/C13H23NO5S/c1-3-4-9-18-12(15)14-8-5-11(19-20(2,16)17)10-13(14)6-7-13/h11H,3-10H2,1-2H3. The molecule has 1 unspecified atom stereocenters. The molecule has 1 amide bonds. The van der Waals surface area contributed by atoms with Crippen LogP contribution in [0.15, 0.2) is 0 Å². The Labute approximate surface area is 120 Å². The first-order valence-corrected chi connectivity index (χ1v) is 9.01. The van der Waals surface area contributed by atoms with Crippen molar-refractivity contribution in [2.24, 2.45) is 0 Å². The molecule has 2 aliphatic rings. The summed E-state index contributed by atoms with van der Waals surface area (Å²) in [5.74, 6) is 0. The predicted octanol–water partition coefficient (Wildman–Crippen LogP) is 1.90. The summed E-state index contributed by atoms with van der Waals surface area (Å²) in [5, 5.41) is 0. The molecule has 0 radical (unpaired) electrons. The van der Waals surface area contributed by atoms with E-state index in [1.165, 1.54) is 0 Å². The van der Waals surface area contributed by atoms with E-state index in [0.29, 0.717) is 26.0 Å². The fraction of sp³-hybridized carbons (Fsp3) is 0.923. The number of hydrogen-bond acceptors (Lipinski definition) is 5. The second-order valence-electron chi connectivity index (χ2n) is 5.76. The summed E-state index contributed by atoms with van der Waals surface area (Å²) >= 11 is 0. The fourth-order valence-corrected chi connectivity index (χ4v) is 3.42. The molecule has 1 spiro atoms. The topological polar surface area (TPSA) is 72.9 Å². The van der Waals surface area contributed by atoms with Crippen molar-refractivity contribution in [3.05, 3.63) is 0 Å². The molecule has 0 aromatic heterocycles. The van der Waals surface area contributed by atoms with Gasteiger partial charge in [-0.25, -0.2) is 4.79 Å². The number of ether oxygens (including phenoxy) is 1. The average Bonchev–Trinajstić information content (AvgIpc) is 3.07. The lowest BCUT2D eigenvalue weighted by Crippen LogP contribution is -2.50. The highest BCUT2D eigenvalue weighted by molar-refractivity contribution is 7.86. The minimum atomic E-state index is -3.44. The maximum absolute atomic E-state index is 12.1. The van der Waals surface area contributed by atoms with Crippen molar-refractivity contribution in [1.82, 2.24) is 4.90 Å². The molecule has 1 saturated heterocycles. The summed E-state index contributed by atoms with van der Waals surface area (Å²) < 4.78 is 32.7.